The van der Waals surface area contributed by atoms with Crippen molar-refractivity contribution in [3.63, 3.8) is 0 Å². The van der Waals surface area contributed by atoms with E-state index in [2.05, 4.69) is 0 Å². The third-order valence-corrected chi connectivity index (χ3v) is 4.69. The van der Waals surface area contributed by atoms with Gasteiger partial charge in [-0.25, -0.2) is 4.79 Å². The van der Waals surface area contributed by atoms with Gasteiger partial charge < -0.3 is 9.47 Å². The molecule has 5 heteroatoms. The average molecular weight is 371 g/mol. The van der Waals surface area contributed by atoms with Gasteiger partial charge in [-0.05, 0) is 24.0 Å². The minimum atomic E-state index is -0.512. The van der Waals surface area contributed by atoms with E-state index in [4.69, 9.17) is 21.1 Å². The normalized spacial score (nSPS) is 17.4. The molecule has 2 aromatic carbocycles. The van der Waals surface area contributed by atoms with Gasteiger partial charge in [0.2, 0.25) is 0 Å². The Bertz CT molecular complexity index is 799. The molecule has 26 heavy (non-hydrogen) atoms. The molecule has 1 saturated heterocycles. The Morgan fingerprint density at radius 3 is 2.35 bits per heavy atom. The Morgan fingerprint density at radius 1 is 1.08 bits per heavy atom. The maximum Gasteiger partial charge on any atom is 0.335 e. The molecule has 0 radical (unpaired) electrons. The van der Waals surface area contributed by atoms with Gasteiger partial charge in [0.05, 0.1) is 23.1 Å². The number of benzene rings is 2. The first-order valence-corrected chi connectivity index (χ1v) is 8.84. The largest absolute Gasteiger partial charge is 0.465 e. The molecule has 0 N–H and O–H groups in total. The topological polar surface area (TPSA) is 52.6 Å². The minimum Gasteiger partial charge on any atom is -0.465 e. The lowest BCUT2D eigenvalue weighted by molar-refractivity contribution is -0.142. The summed E-state index contributed by atoms with van der Waals surface area (Å²) in [5.41, 5.74) is 1.90. The fourth-order valence-corrected chi connectivity index (χ4v) is 3.08. The highest BCUT2D eigenvalue weighted by Crippen LogP contribution is 2.31. The van der Waals surface area contributed by atoms with E-state index in [-0.39, 0.29) is 24.9 Å². The van der Waals surface area contributed by atoms with Gasteiger partial charge in [0, 0.05) is 0 Å². The highest BCUT2D eigenvalue weighted by molar-refractivity contribution is 6.50. The fraction of sp³-hybridized carbons (Fsp3) is 0.238. The number of rotatable bonds is 6. The van der Waals surface area contributed by atoms with Gasteiger partial charge in [0.1, 0.15) is 6.61 Å². The summed E-state index contributed by atoms with van der Waals surface area (Å²) in [5.74, 6) is -1.18. The van der Waals surface area contributed by atoms with Gasteiger partial charge in [-0.2, -0.15) is 0 Å². The third kappa shape index (κ3) is 4.52. The zero-order valence-corrected chi connectivity index (χ0v) is 14.9. The summed E-state index contributed by atoms with van der Waals surface area (Å²) in [7, 11) is 0. The molecule has 1 unspecified atom stereocenters. The zero-order valence-electron chi connectivity index (χ0n) is 14.2. The summed E-state index contributed by atoms with van der Waals surface area (Å²) >= 11 is 6.50. The number of esters is 2. The van der Waals surface area contributed by atoms with Crippen LogP contribution in [0.4, 0.5) is 0 Å². The van der Waals surface area contributed by atoms with Crippen LogP contribution >= 0.6 is 11.6 Å². The van der Waals surface area contributed by atoms with Crippen molar-refractivity contribution in [1.29, 1.82) is 0 Å². The molecule has 4 nitrogen and oxygen atoms in total. The molecule has 1 atom stereocenters. The van der Waals surface area contributed by atoms with Gasteiger partial charge >= 0.3 is 11.9 Å². The number of hydrogen-bond donors (Lipinski definition) is 0. The molecule has 0 aliphatic carbocycles. The van der Waals surface area contributed by atoms with Crippen molar-refractivity contribution in [3.05, 3.63) is 77.4 Å². The van der Waals surface area contributed by atoms with E-state index in [1.165, 1.54) is 0 Å². The molecular formula is C21H19ClO4. The molecule has 1 fully saturated rings. The van der Waals surface area contributed by atoms with Crippen LogP contribution in [0.5, 0.6) is 0 Å². The first kappa shape index (κ1) is 18.2. The van der Waals surface area contributed by atoms with E-state index >= 15 is 0 Å². The van der Waals surface area contributed by atoms with Gasteiger partial charge in [0.15, 0.2) is 0 Å². The quantitative estimate of drug-likeness (QED) is 0.561. The second-order valence-corrected chi connectivity index (χ2v) is 6.46. The number of halogens is 1. The van der Waals surface area contributed by atoms with E-state index in [9.17, 15) is 9.59 Å². The second kappa shape index (κ2) is 8.68. The van der Waals surface area contributed by atoms with E-state index < -0.39 is 5.97 Å². The number of cyclic esters (lactones) is 1. The molecule has 0 amide bonds. The molecule has 1 heterocycles. The average Bonchev–Trinajstić information content (AvgIpc) is 3.10. The minimum absolute atomic E-state index is 0.150. The Balaban J connectivity index is 1.82. The predicted octanol–water partition coefficient (Wildman–Crippen LogP) is 4.33. The van der Waals surface area contributed by atoms with Crippen molar-refractivity contribution in [3.8, 4) is 0 Å². The van der Waals surface area contributed by atoms with Gasteiger partial charge in [-0.1, -0.05) is 72.3 Å². The molecule has 0 aromatic heterocycles. The van der Waals surface area contributed by atoms with Crippen LogP contribution in [0.2, 0.25) is 0 Å². The third-order valence-electron chi connectivity index (χ3n) is 4.25. The van der Waals surface area contributed by atoms with Crippen LogP contribution in [0.1, 0.15) is 24.0 Å². The first-order valence-electron chi connectivity index (χ1n) is 8.47. The van der Waals surface area contributed by atoms with Crippen molar-refractivity contribution < 1.29 is 19.1 Å². The maximum atomic E-state index is 12.7. The first-order chi connectivity index (χ1) is 12.6. The Morgan fingerprint density at radius 2 is 1.73 bits per heavy atom. The molecule has 1 aliphatic heterocycles. The van der Waals surface area contributed by atoms with E-state index in [1.54, 1.807) is 0 Å². The SMILES string of the molecule is O=C(OCc1ccccc1)/C(CC1CCOC1=O)=C(\Cl)c1ccccc1. The lowest BCUT2D eigenvalue weighted by Crippen LogP contribution is -2.16. The molecule has 1 aliphatic rings. The Kier molecular flexibility index (Phi) is 6.08. The second-order valence-electron chi connectivity index (χ2n) is 6.08. The van der Waals surface area contributed by atoms with Crippen LogP contribution in [0.3, 0.4) is 0 Å². The smallest absolute Gasteiger partial charge is 0.335 e. The molecule has 0 bridgehead atoms. The van der Waals surface area contributed by atoms with Crippen LogP contribution in [0.25, 0.3) is 5.03 Å². The molecular weight excluding hydrogens is 352 g/mol. The van der Waals surface area contributed by atoms with Crippen molar-refractivity contribution in [2.24, 2.45) is 5.92 Å². The van der Waals surface area contributed by atoms with E-state index in [0.29, 0.717) is 29.2 Å². The highest BCUT2D eigenvalue weighted by atomic mass is 35.5. The van der Waals surface area contributed by atoms with Crippen LogP contribution in [0, 0.1) is 5.92 Å². The molecule has 0 saturated carbocycles. The van der Waals surface area contributed by atoms with Crippen LogP contribution in [-0.4, -0.2) is 18.5 Å². The summed E-state index contributed by atoms with van der Waals surface area (Å²) in [6.07, 6.45) is 0.785. The van der Waals surface area contributed by atoms with Gasteiger partial charge in [-0.15, -0.1) is 0 Å². The summed E-state index contributed by atoms with van der Waals surface area (Å²) in [4.78, 5) is 24.5. The monoisotopic (exact) mass is 370 g/mol. The fourth-order valence-electron chi connectivity index (χ4n) is 2.80. The number of carbonyl (C=O) groups is 2. The zero-order chi connectivity index (χ0) is 18.4. The van der Waals surface area contributed by atoms with E-state index in [1.807, 2.05) is 60.7 Å². The summed E-state index contributed by atoms with van der Waals surface area (Å²) in [6.45, 7) is 0.524. The highest BCUT2D eigenvalue weighted by Gasteiger charge is 2.31. The molecule has 0 spiro atoms. The van der Waals surface area contributed by atoms with Crippen LogP contribution in [0.15, 0.2) is 66.2 Å². The summed E-state index contributed by atoms with van der Waals surface area (Å²) in [5, 5.41) is 0.309. The van der Waals surface area contributed by atoms with Gasteiger partial charge in [-0.3, -0.25) is 4.79 Å². The Hall–Kier alpha value is -2.59. The van der Waals surface area contributed by atoms with Crippen LogP contribution < -0.4 is 0 Å². The molecule has 3 rings (SSSR count). The summed E-state index contributed by atoms with van der Waals surface area (Å²) < 4.78 is 10.4. The lowest BCUT2D eigenvalue weighted by atomic mass is 9.96. The number of ether oxygens (including phenoxy) is 2. The number of carbonyl (C=O) groups excluding carboxylic acids is 2. The van der Waals surface area contributed by atoms with Crippen molar-refractivity contribution in [1.82, 2.24) is 0 Å². The molecule has 134 valence electrons. The van der Waals surface area contributed by atoms with E-state index in [0.717, 1.165) is 5.56 Å². The maximum absolute atomic E-state index is 12.7. The van der Waals surface area contributed by atoms with Crippen molar-refractivity contribution in [2.45, 2.75) is 19.4 Å². The van der Waals surface area contributed by atoms with Gasteiger partial charge in [0.25, 0.3) is 0 Å². The number of hydrogen-bond acceptors (Lipinski definition) is 4. The predicted molar refractivity (Wildman–Crippen MR) is 99.1 cm³/mol. The van der Waals surface area contributed by atoms with Crippen molar-refractivity contribution >= 4 is 28.6 Å². The standard InChI is InChI=1S/C21H19ClO4/c22-19(16-9-5-2-6-10-16)18(13-17-11-12-25-20(17)23)21(24)26-14-15-7-3-1-4-8-15/h1-10,17H,11-14H2/b19-18-. The molecule has 2 aromatic rings. The summed E-state index contributed by atoms with van der Waals surface area (Å²) in [6, 6.07) is 18.6. The van der Waals surface area contributed by atoms with Crippen LogP contribution in [-0.2, 0) is 25.7 Å². The lowest BCUT2D eigenvalue weighted by Gasteiger charge is -2.13. The Labute approximate surface area is 157 Å². The van der Waals surface area contributed by atoms with Crippen molar-refractivity contribution in [2.75, 3.05) is 6.61 Å².